The third-order valence-electron chi connectivity index (χ3n) is 8.49. The third-order valence-corrected chi connectivity index (χ3v) is 9.85. The van der Waals surface area contributed by atoms with Crippen LogP contribution in [0.25, 0.3) is 11.1 Å². The van der Waals surface area contributed by atoms with E-state index in [4.69, 9.17) is 10.5 Å². The van der Waals surface area contributed by atoms with Gasteiger partial charge in [-0.05, 0) is 35.1 Å². The Bertz CT molecular complexity index is 1670. The van der Waals surface area contributed by atoms with Gasteiger partial charge in [0.05, 0.1) is 13.0 Å². The van der Waals surface area contributed by atoms with Crippen LogP contribution in [0.15, 0.2) is 48.5 Å². The van der Waals surface area contributed by atoms with Gasteiger partial charge in [0.25, 0.3) is 0 Å². The number of nitrogens with one attached hydrogen (secondary N) is 5. The summed E-state index contributed by atoms with van der Waals surface area (Å²) >= 11 is 1.39. The summed E-state index contributed by atoms with van der Waals surface area (Å²) in [5, 5.41) is 30.8. The topological polar surface area (TPSA) is 255 Å². The number of rotatable bonds is 18. The Kier molecular flexibility index (Phi) is 15.4. The quantitative estimate of drug-likeness (QED) is 0.106. The molecule has 294 valence electrons. The first-order valence-electron chi connectivity index (χ1n) is 17.4. The molecule has 0 aliphatic heterocycles. The van der Waals surface area contributed by atoms with Crippen molar-refractivity contribution in [1.29, 1.82) is 0 Å². The highest BCUT2D eigenvalue weighted by atomic mass is 32.2. The van der Waals surface area contributed by atoms with E-state index in [2.05, 4.69) is 26.6 Å². The fraction of sp³-hybridized carbons (Fsp3) is 0.486. The number of carboxylic acids is 1. The molecule has 0 bridgehead atoms. The molecular weight excluding hydrogens is 721 g/mol. The van der Waals surface area contributed by atoms with Gasteiger partial charge in [0.1, 0.15) is 36.8 Å². The average Bonchev–Trinajstić information content (AvgIpc) is 3.42. The number of carboxylic acid groups (broad SMARTS) is 1. The van der Waals surface area contributed by atoms with Gasteiger partial charge in [0, 0.05) is 16.4 Å². The van der Waals surface area contributed by atoms with Crippen LogP contribution < -0.4 is 32.3 Å². The Morgan fingerprint density at radius 2 is 1.30 bits per heavy atom. The minimum Gasteiger partial charge on any atom is -0.481 e. The summed E-state index contributed by atoms with van der Waals surface area (Å²) in [6, 6.07) is 8.82. The van der Waals surface area contributed by atoms with E-state index in [0.29, 0.717) is 0 Å². The summed E-state index contributed by atoms with van der Waals surface area (Å²) in [6.07, 6.45) is -1.72. The molecule has 0 radical (unpaired) electrons. The highest BCUT2D eigenvalue weighted by Gasteiger charge is 2.34. The zero-order chi connectivity index (χ0) is 40.3. The number of nitrogens with two attached hydrogens (primary N) is 1. The molecule has 54 heavy (non-hydrogen) atoms. The number of carbonyl (C=O) groups excluding carboxylic acids is 6. The van der Waals surface area contributed by atoms with Crippen molar-refractivity contribution in [3.63, 3.8) is 0 Å². The lowest BCUT2D eigenvalue weighted by molar-refractivity contribution is -0.141. The molecule has 3 rings (SSSR count). The predicted molar refractivity (Wildman–Crippen MR) is 201 cm³/mol. The lowest BCUT2D eigenvalue weighted by atomic mass is 9.98. The molecule has 1 aliphatic carbocycles. The van der Waals surface area contributed by atoms with Crippen molar-refractivity contribution in [2.24, 2.45) is 11.7 Å². The zero-order valence-corrected chi connectivity index (χ0v) is 32.0. The van der Waals surface area contributed by atoms with Gasteiger partial charge >= 0.3 is 12.1 Å². The molecule has 0 fully saturated rings. The summed E-state index contributed by atoms with van der Waals surface area (Å²) in [5.41, 5.74) is 9.30. The second-order valence-electron chi connectivity index (χ2n) is 14.2. The number of ether oxygens (including phenoxy) is 1. The van der Waals surface area contributed by atoms with Crippen molar-refractivity contribution in [2.75, 3.05) is 19.0 Å². The predicted octanol–water partition coefficient (Wildman–Crippen LogP) is 0.993. The maximum Gasteiger partial charge on any atom is 0.407 e. The molecule has 0 unspecified atom stereocenters. The van der Waals surface area contributed by atoms with Gasteiger partial charge in [-0.15, -0.1) is 0 Å². The molecule has 16 nitrogen and oxygen atoms in total. The number of benzene rings is 2. The van der Waals surface area contributed by atoms with Crippen LogP contribution >= 0.6 is 11.8 Å². The van der Waals surface area contributed by atoms with Gasteiger partial charge in [-0.25, -0.2) is 4.79 Å². The molecule has 6 amide bonds. The summed E-state index contributed by atoms with van der Waals surface area (Å²) in [7, 11) is 0. The second kappa shape index (κ2) is 19.3. The minimum absolute atomic E-state index is 0.0128. The number of thioether (sulfide) groups is 1. The van der Waals surface area contributed by atoms with Crippen LogP contribution in [0.1, 0.15) is 65.0 Å². The Balaban J connectivity index is 1.68. The molecule has 0 spiro atoms. The molecule has 17 heteroatoms. The van der Waals surface area contributed by atoms with E-state index >= 15 is 0 Å². The number of hydrogen-bond donors (Lipinski definition) is 8. The number of primary amides is 1. The number of carbonyl (C=O) groups is 7. The van der Waals surface area contributed by atoms with Crippen molar-refractivity contribution < 1.29 is 48.5 Å². The molecule has 5 atom stereocenters. The summed E-state index contributed by atoms with van der Waals surface area (Å²) < 4.78 is 5.34. The highest BCUT2D eigenvalue weighted by molar-refractivity contribution is 8.00. The zero-order valence-electron chi connectivity index (χ0n) is 31.1. The first-order valence-corrected chi connectivity index (χ1v) is 18.4. The lowest BCUT2D eigenvalue weighted by Gasteiger charge is -2.27. The molecule has 0 saturated heterocycles. The van der Waals surface area contributed by atoms with Gasteiger partial charge in [-0.1, -0.05) is 83.1 Å². The van der Waals surface area contributed by atoms with E-state index < -0.39 is 90.8 Å². The molecule has 2 aromatic rings. The summed E-state index contributed by atoms with van der Waals surface area (Å²) in [4.78, 5) is 89.0. The van der Waals surface area contributed by atoms with Crippen LogP contribution in [0, 0.1) is 5.92 Å². The Morgan fingerprint density at radius 1 is 0.759 bits per heavy atom. The minimum atomic E-state index is -1.68. The molecule has 0 heterocycles. The first-order chi connectivity index (χ1) is 25.3. The number of alkyl carbamates (subject to hydrolysis) is 1. The van der Waals surface area contributed by atoms with Gasteiger partial charge in [0.15, 0.2) is 0 Å². The number of amides is 6. The first kappa shape index (κ1) is 43.2. The number of aliphatic hydroxyl groups is 1. The maximum atomic E-state index is 13.5. The van der Waals surface area contributed by atoms with Crippen molar-refractivity contribution in [3.8, 4) is 11.1 Å². The van der Waals surface area contributed by atoms with Crippen molar-refractivity contribution in [1.82, 2.24) is 26.6 Å². The SMILES string of the molecule is CC(C)[C@H](NC(=O)[C@H](CC(=O)O)NC(=O)[C@H](C)NC(=O)[C@H](CSC(C)(C)C)NC(=O)OCC1c2ccccc2-c2ccccc21)C(=O)N[C@@H](CO)C(N)=O. The number of fused-ring (bicyclic) bond motifs is 3. The Hall–Kier alpha value is -5.16. The fourth-order valence-electron chi connectivity index (χ4n) is 5.62. The number of hydrogen-bond acceptors (Lipinski definition) is 10. The van der Waals surface area contributed by atoms with Crippen molar-refractivity contribution in [3.05, 3.63) is 59.7 Å². The van der Waals surface area contributed by atoms with Crippen LogP contribution in [0.3, 0.4) is 0 Å². The molecular formula is C37H50N6O10S. The van der Waals surface area contributed by atoms with Crippen LogP contribution in [0.5, 0.6) is 0 Å². The summed E-state index contributed by atoms with van der Waals surface area (Å²) in [6.45, 7) is 9.45. The largest absolute Gasteiger partial charge is 0.481 e. The van der Waals surface area contributed by atoms with Crippen molar-refractivity contribution in [2.45, 2.75) is 88.8 Å². The standard InChI is InChI=1S/C37H50N6O10S/c1-19(2)30(35(51)41-27(16-44)31(38)47)43-33(49)26(15-29(45)46)40-32(48)20(3)39-34(50)28(18-54-37(4,5)6)42-36(52)53-17-25-23-13-9-7-11-21(23)22-12-8-10-14-24(22)25/h7-14,19-20,25-28,30,44H,15-18H2,1-6H3,(H2,38,47)(H,39,50)(H,40,48)(H,41,51)(H,42,52)(H,43,49)(H,45,46)/t20-,26-,27-,28-,30-/m0/s1. The Labute approximate surface area is 318 Å². The van der Waals surface area contributed by atoms with Crippen LogP contribution in [-0.2, 0) is 33.5 Å². The number of aliphatic hydroxyl groups excluding tert-OH is 1. The maximum absolute atomic E-state index is 13.5. The van der Waals surface area contributed by atoms with E-state index in [1.165, 1.54) is 18.7 Å². The third kappa shape index (κ3) is 12.2. The molecule has 2 aromatic carbocycles. The van der Waals surface area contributed by atoms with E-state index in [1.807, 2.05) is 69.3 Å². The van der Waals surface area contributed by atoms with E-state index in [-0.39, 0.29) is 23.0 Å². The fourth-order valence-corrected chi connectivity index (χ4v) is 6.52. The molecule has 1 aliphatic rings. The van der Waals surface area contributed by atoms with Crippen LogP contribution in [-0.4, -0.2) is 106 Å². The molecule has 0 aromatic heterocycles. The molecule has 9 N–H and O–H groups in total. The highest BCUT2D eigenvalue weighted by Crippen LogP contribution is 2.44. The van der Waals surface area contributed by atoms with E-state index in [0.717, 1.165) is 22.3 Å². The van der Waals surface area contributed by atoms with Gasteiger partial charge < -0.3 is 47.3 Å². The lowest BCUT2D eigenvalue weighted by Crippen LogP contribution is -2.60. The van der Waals surface area contributed by atoms with E-state index in [1.54, 1.807) is 13.8 Å². The van der Waals surface area contributed by atoms with Gasteiger partial charge in [-0.3, -0.25) is 28.8 Å². The molecule has 0 saturated carbocycles. The average molecular weight is 771 g/mol. The summed E-state index contributed by atoms with van der Waals surface area (Å²) in [5.74, 6) is -6.69. The van der Waals surface area contributed by atoms with Crippen LogP contribution in [0.2, 0.25) is 0 Å². The normalized spacial score (nSPS) is 15.0. The Morgan fingerprint density at radius 3 is 1.80 bits per heavy atom. The van der Waals surface area contributed by atoms with Crippen molar-refractivity contribution >= 4 is 53.4 Å². The number of aliphatic carboxylic acids is 1. The van der Waals surface area contributed by atoms with Crippen LogP contribution in [0.4, 0.5) is 4.79 Å². The monoisotopic (exact) mass is 770 g/mol. The van der Waals surface area contributed by atoms with Gasteiger partial charge in [-0.2, -0.15) is 11.8 Å². The second-order valence-corrected chi connectivity index (χ2v) is 16.1. The van der Waals surface area contributed by atoms with E-state index in [9.17, 15) is 43.8 Å². The van der Waals surface area contributed by atoms with Gasteiger partial charge in [0.2, 0.25) is 29.5 Å². The smallest absolute Gasteiger partial charge is 0.407 e.